The van der Waals surface area contributed by atoms with Crippen molar-refractivity contribution in [1.82, 2.24) is 0 Å². The minimum Gasteiger partial charge on any atom is -0.222 e. The van der Waals surface area contributed by atoms with Crippen LogP contribution < -0.4 is 0 Å². The summed E-state index contributed by atoms with van der Waals surface area (Å²) in [5.41, 5.74) is 2.27. The summed E-state index contributed by atoms with van der Waals surface area (Å²) in [7, 11) is 0. The molecule has 2 N–H and O–H groups in total. The lowest BCUT2D eigenvalue weighted by Crippen LogP contribution is -1.76. The first-order chi connectivity index (χ1) is 7.71. The van der Waals surface area contributed by atoms with Gasteiger partial charge in [-0.3, -0.25) is 0 Å². The highest BCUT2D eigenvalue weighted by molar-refractivity contribution is 5.63. The van der Waals surface area contributed by atoms with E-state index in [-0.39, 0.29) is 0 Å². The van der Waals surface area contributed by atoms with E-state index in [1.54, 1.807) is 0 Å². The number of rotatable bonds is 2. The third kappa shape index (κ3) is 8.08. The zero-order valence-electron chi connectivity index (χ0n) is 8.69. The first-order valence-corrected chi connectivity index (χ1v) is 4.13. The van der Waals surface area contributed by atoms with Gasteiger partial charge in [0, 0.05) is 0 Å². The SMILES string of the molecule is C=Cc1ccccc1C=C.N=C=O.N=C=O. The van der Waals surface area contributed by atoms with Crippen molar-refractivity contribution in [3.8, 4) is 0 Å². The second kappa shape index (κ2) is 12.5. The molecule has 0 aliphatic carbocycles. The summed E-state index contributed by atoms with van der Waals surface area (Å²) in [6, 6.07) is 8.02. The van der Waals surface area contributed by atoms with Crippen molar-refractivity contribution in [2.24, 2.45) is 0 Å². The Balaban J connectivity index is 0. The van der Waals surface area contributed by atoms with Gasteiger partial charge in [0.15, 0.2) is 0 Å². The molecule has 0 unspecified atom stereocenters. The lowest BCUT2D eigenvalue weighted by Gasteiger charge is -1.96. The van der Waals surface area contributed by atoms with E-state index < -0.39 is 0 Å². The van der Waals surface area contributed by atoms with Crippen molar-refractivity contribution in [3.05, 3.63) is 48.6 Å². The van der Waals surface area contributed by atoms with Crippen molar-refractivity contribution >= 4 is 24.3 Å². The zero-order chi connectivity index (χ0) is 12.8. The first kappa shape index (κ1) is 15.9. The molecule has 0 radical (unpaired) electrons. The van der Waals surface area contributed by atoms with E-state index in [1.165, 1.54) is 0 Å². The molecule has 0 aromatic heterocycles. The Morgan fingerprint density at radius 2 is 1.19 bits per heavy atom. The zero-order valence-corrected chi connectivity index (χ0v) is 8.69. The Kier molecular flexibility index (Phi) is 12.4. The van der Waals surface area contributed by atoms with Gasteiger partial charge in [-0.1, -0.05) is 49.6 Å². The van der Waals surface area contributed by atoms with Crippen LogP contribution in [0.15, 0.2) is 37.4 Å². The number of carbonyl (C=O) groups excluding carboxylic acids is 2. The molecule has 0 amide bonds. The molecule has 0 saturated carbocycles. The number of nitrogens with one attached hydrogen (secondary N) is 2. The van der Waals surface area contributed by atoms with Crippen molar-refractivity contribution < 1.29 is 9.59 Å². The van der Waals surface area contributed by atoms with Gasteiger partial charge in [-0.15, -0.1) is 0 Å². The van der Waals surface area contributed by atoms with Crippen molar-refractivity contribution in [2.75, 3.05) is 0 Å². The maximum atomic E-state index is 8.35. The molecule has 0 saturated heterocycles. The first-order valence-electron chi connectivity index (χ1n) is 4.13. The maximum absolute atomic E-state index is 8.35. The minimum absolute atomic E-state index is 0.750. The fourth-order valence-electron chi connectivity index (χ4n) is 0.883. The fourth-order valence-corrected chi connectivity index (χ4v) is 0.883. The van der Waals surface area contributed by atoms with E-state index in [4.69, 9.17) is 20.4 Å². The molecule has 1 rings (SSSR count). The van der Waals surface area contributed by atoms with Crippen molar-refractivity contribution in [1.29, 1.82) is 10.8 Å². The quantitative estimate of drug-likeness (QED) is 0.588. The maximum Gasteiger partial charge on any atom is 0.231 e. The van der Waals surface area contributed by atoms with Gasteiger partial charge in [-0.25, -0.2) is 20.4 Å². The van der Waals surface area contributed by atoms with Gasteiger partial charge < -0.3 is 0 Å². The van der Waals surface area contributed by atoms with Crippen LogP contribution in [-0.2, 0) is 9.59 Å². The predicted octanol–water partition coefficient (Wildman–Crippen LogP) is 2.77. The van der Waals surface area contributed by atoms with Crippen LogP contribution in [0.2, 0.25) is 0 Å². The average molecular weight is 216 g/mol. The summed E-state index contributed by atoms with van der Waals surface area (Å²) < 4.78 is 0. The monoisotopic (exact) mass is 216 g/mol. The van der Waals surface area contributed by atoms with Crippen LogP contribution in [0.1, 0.15) is 11.1 Å². The lowest BCUT2D eigenvalue weighted by molar-refractivity contribution is 0.562. The van der Waals surface area contributed by atoms with Crippen LogP contribution in [0.4, 0.5) is 0 Å². The Morgan fingerprint density at radius 1 is 0.938 bits per heavy atom. The second-order valence-electron chi connectivity index (χ2n) is 2.24. The second-order valence-corrected chi connectivity index (χ2v) is 2.24. The summed E-state index contributed by atoms with van der Waals surface area (Å²) in [6.45, 7) is 7.38. The largest absolute Gasteiger partial charge is 0.231 e. The fraction of sp³-hybridized carbons (Fsp3) is 0. The van der Waals surface area contributed by atoms with E-state index in [9.17, 15) is 0 Å². The molecule has 16 heavy (non-hydrogen) atoms. The normalized spacial score (nSPS) is 6.50. The van der Waals surface area contributed by atoms with E-state index in [2.05, 4.69) is 13.2 Å². The topological polar surface area (TPSA) is 81.8 Å². The van der Waals surface area contributed by atoms with E-state index in [0.717, 1.165) is 23.3 Å². The molecule has 82 valence electrons. The molecule has 0 fully saturated rings. The Bertz CT molecular complexity index is 360. The third-order valence-corrected chi connectivity index (χ3v) is 1.44. The Labute approximate surface area is 93.9 Å². The predicted molar refractivity (Wildman–Crippen MR) is 63.5 cm³/mol. The van der Waals surface area contributed by atoms with Gasteiger partial charge in [0.2, 0.25) is 12.2 Å². The summed E-state index contributed by atoms with van der Waals surface area (Å²) in [5.74, 6) is 0. The molecule has 0 heterocycles. The van der Waals surface area contributed by atoms with Crippen LogP contribution in [0, 0.1) is 10.8 Å². The molecular formula is C12H12N2O2. The van der Waals surface area contributed by atoms with Crippen LogP contribution in [0.25, 0.3) is 12.2 Å². The van der Waals surface area contributed by atoms with Crippen LogP contribution >= 0.6 is 0 Å². The molecule has 1 aromatic carbocycles. The van der Waals surface area contributed by atoms with Gasteiger partial charge in [-0.2, -0.15) is 0 Å². The number of hydrogen-bond donors (Lipinski definition) is 2. The number of benzene rings is 1. The Hall–Kier alpha value is -2.54. The molecular weight excluding hydrogens is 204 g/mol. The lowest BCUT2D eigenvalue weighted by atomic mass is 10.1. The summed E-state index contributed by atoms with van der Waals surface area (Å²) >= 11 is 0. The number of hydrogen-bond acceptors (Lipinski definition) is 4. The van der Waals surface area contributed by atoms with Crippen LogP contribution in [0.3, 0.4) is 0 Å². The van der Waals surface area contributed by atoms with Gasteiger partial charge in [0.05, 0.1) is 0 Å². The molecule has 0 bridgehead atoms. The smallest absolute Gasteiger partial charge is 0.222 e. The molecule has 0 spiro atoms. The molecule has 0 aliphatic heterocycles. The highest BCUT2D eigenvalue weighted by Crippen LogP contribution is 2.10. The summed E-state index contributed by atoms with van der Waals surface area (Å²) in [5, 5.41) is 10.8. The number of isocyanates is 2. The average Bonchev–Trinajstić information content (AvgIpc) is 2.31. The highest BCUT2D eigenvalue weighted by Gasteiger charge is 1.89. The molecule has 1 aromatic rings. The van der Waals surface area contributed by atoms with E-state index in [0.29, 0.717) is 0 Å². The highest BCUT2D eigenvalue weighted by atomic mass is 16.1. The molecule has 4 heteroatoms. The van der Waals surface area contributed by atoms with Gasteiger partial charge in [-0.05, 0) is 11.1 Å². The van der Waals surface area contributed by atoms with Gasteiger partial charge in [0.1, 0.15) is 0 Å². The van der Waals surface area contributed by atoms with Crippen molar-refractivity contribution in [3.63, 3.8) is 0 Å². The molecule has 0 aliphatic rings. The van der Waals surface area contributed by atoms with Crippen molar-refractivity contribution in [2.45, 2.75) is 0 Å². The third-order valence-electron chi connectivity index (χ3n) is 1.44. The van der Waals surface area contributed by atoms with Gasteiger partial charge in [0.25, 0.3) is 0 Å². The molecule has 4 nitrogen and oxygen atoms in total. The van der Waals surface area contributed by atoms with Crippen LogP contribution in [0.5, 0.6) is 0 Å². The Morgan fingerprint density at radius 3 is 1.38 bits per heavy atom. The van der Waals surface area contributed by atoms with E-state index in [1.807, 2.05) is 36.4 Å². The summed E-state index contributed by atoms with van der Waals surface area (Å²) in [6.07, 6.45) is 5.16. The van der Waals surface area contributed by atoms with E-state index >= 15 is 0 Å². The minimum atomic E-state index is 0.750. The van der Waals surface area contributed by atoms with Gasteiger partial charge >= 0.3 is 0 Å². The summed E-state index contributed by atoms with van der Waals surface area (Å²) in [4.78, 5) is 16.7. The standard InChI is InChI=1S/C10H10.2CHNO/c1-3-9-7-5-6-8-10(9)4-2;2*2-1-3/h3-8H,1-2H2;2*2H. The van der Waals surface area contributed by atoms with Crippen LogP contribution in [-0.4, -0.2) is 12.2 Å². The molecule has 0 atom stereocenters.